The van der Waals surface area contributed by atoms with E-state index >= 15 is 0 Å². The summed E-state index contributed by atoms with van der Waals surface area (Å²) in [7, 11) is -4.59. The van der Waals surface area contributed by atoms with Crippen LogP contribution in [0.5, 0.6) is 0 Å². The van der Waals surface area contributed by atoms with E-state index in [1.807, 2.05) is 0 Å². The molecule has 10 heteroatoms. The lowest BCUT2D eigenvalue weighted by Crippen LogP contribution is -2.16. The first kappa shape index (κ1) is 18.7. The first-order valence-electron chi connectivity index (χ1n) is 6.11. The Morgan fingerprint density at radius 1 is 1.05 bits per heavy atom. The normalized spacial score (nSPS) is 11.0. The van der Waals surface area contributed by atoms with Crippen molar-refractivity contribution in [3.05, 3.63) is 18.2 Å². The predicted octanol–water partition coefficient (Wildman–Crippen LogP) is 2.07. The van der Waals surface area contributed by atoms with Crippen LogP contribution in [-0.4, -0.2) is 36.5 Å². The van der Waals surface area contributed by atoms with Gasteiger partial charge in [0.1, 0.15) is 4.90 Å². The number of carbonyl (C=O) groups excluding carboxylic acids is 2. The first-order valence-corrected chi connectivity index (χ1v) is 8.62. The Kier molecular flexibility index (Phi) is 7.08. The molecule has 0 spiro atoms. The van der Waals surface area contributed by atoms with Gasteiger partial charge in [0.15, 0.2) is 0 Å². The maximum Gasteiger partial charge on any atom is 0.296 e. The van der Waals surface area contributed by atoms with Crippen molar-refractivity contribution < 1.29 is 22.6 Å². The third-order valence-corrected chi connectivity index (χ3v) is 3.73. The van der Waals surface area contributed by atoms with Crippen LogP contribution in [0, 0.1) is 0 Å². The minimum absolute atomic E-state index is 0.0132. The molecular formula is C12H14Cl2N2O5S. The van der Waals surface area contributed by atoms with Crippen molar-refractivity contribution in [3.8, 4) is 0 Å². The van der Waals surface area contributed by atoms with Gasteiger partial charge in [-0.1, -0.05) is 0 Å². The molecular weight excluding hydrogens is 355 g/mol. The molecule has 0 aliphatic heterocycles. The highest BCUT2D eigenvalue weighted by atomic mass is 35.5. The molecule has 0 bridgehead atoms. The Balaban J connectivity index is 3.09. The van der Waals surface area contributed by atoms with Crippen LogP contribution < -0.4 is 10.6 Å². The quantitative estimate of drug-likeness (QED) is 0.503. The molecule has 0 heterocycles. The fourth-order valence-electron chi connectivity index (χ4n) is 1.52. The molecule has 0 atom stereocenters. The van der Waals surface area contributed by atoms with Crippen molar-refractivity contribution in [1.29, 1.82) is 0 Å². The molecule has 0 saturated heterocycles. The fraction of sp³-hybridized carbons (Fsp3) is 0.333. The summed E-state index contributed by atoms with van der Waals surface area (Å²) in [6.07, 6.45) is 0.0393. The van der Waals surface area contributed by atoms with Gasteiger partial charge in [0.25, 0.3) is 10.1 Å². The number of rotatable bonds is 7. The van der Waals surface area contributed by atoms with Crippen LogP contribution in [0.3, 0.4) is 0 Å². The van der Waals surface area contributed by atoms with Gasteiger partial charge in [-0.05, 0) is 18.2 Å². The highest BCUT2D eigenvalue weighted by Crippen LogP contribution is 2.25. The lowest BCUT2D eigenvalue weighted by atomic mass is 10.2. The topological polar surface area (TPSA) is 113 Å². The minimum atomic E-state index is -4.59. The minimum Gasteiger partial charge on any atom is -0.326 e. The van der Waals surface area contributed by atoms with Crippen molar-refractivity contribution in [2.75, 3.05) is 22.4 Å². The second-order valence-electron chi connectivity index (χ2n) is 4.16. The van der Waals surface area contributed by atoms with Gasteiger partial charge in [0.05, 0.1) is 5.69 Å². The van der Waals surface area contributed by atoms with Crippen LogP contribution in [-0.2, 0) is 19.7 Å². The summed E-state index contributed by atoms with van der Waals surface area (Å²) in [5, 5.41) is 4.76. The molecule has 122 valence electrons. The Morgan fingerprint density at radius 3 is 2.09 bits per heavy atom. The number of benzene rings is 1. The summed E-state index contributed by atoms with van der Waals surface area (Å²) in [5.74, 6) is -0.725. The standard InChI is InChI=1S/C12H14Cl2N2O5S/c13-5-3-11(17)15-8-1-2-9(16-12(18)4-6-14)10(7-8)22(19,20)21/h1-2,7H,3-6H2,(H,15,17)(H,16,18)(H,19,20,21). The number of amides is 2. The molecule has 1 aromatic carbocycles. The second-order valence-corrected chi connectivity index (χ2v) is 6.31. The van der Waals surface area contributed by atoms with Crippen LogP contribution in [0.2, 0.25) is 0 Å². The molecule has 1 aromatic rings. The molecule has 0 unspecified atom stereocenters. The van der Waals surface area contributed by atoms with Gasteiger partial charge in [-0.25, -0.2) is 0 Å². The number of alkyl halides is 2. The van der Waals surface area contributed by atoms with E-state index < -0.39 is 26.8 Å². The summed E-state index contributed by atoms with van der Waals surface area (Å²) >= 11 is 10.8. The molecule has 3 N–H and O–H groups in total. The summed E-state index contributed by atoms with van der Waals surface area (Å²) in [6.45, 7) is 0. The molecule has 0 aromatic heterocycles. The molecule has 1 rings (SSSR count). The van der Waals surface area contributed by atoms with Crippen LogP contribution in [0.15, 0.2) is 23.1 Å². The molecule has 22 heavy (non-hydrogen) atoms. The third-order valence-electron chi connectivity index (χ3n) is 2.46. The SMILES string of the molecule is O=C(CCCl)Nc1ccc(NC(=O)CCCl)c(S(=O)(=O)O)c1. The number of anilines is 2. The van der Waals surface area contributed by atoms with Gasteiger partial charge in [0.2, 0.25) is 11.8 Å². The van der Waals surface area contributed by atoms with Gasteiger partial charge in [0, 0.05) is 30.3 Å². The fourth-order valence-corrected chi connectivity index (χ4v) is 2.54. The molecule has 7 nitrogen and oxygen atoms in total. The maximum atomic E-state index is 11.5. The van der Waals surface area contributed by atoms with E-state index in [1.165, 1.54) is 12.1 Å². The molecule has 0 radical (unpaired) electrons. The summed E-state index contributed by atoms with van der Waals surface area (Å²) < 4.78 is 32.0. The highest BCUT2D eigenvalue weighted by molar-refractivity contribution is 7.86. The Labute approximate surface area is 137 Å². The van der Waals surface area contributed by atoms with Gasteiger partial charge >= 0.3 is 0 Å². The zero-order valence-corrected chi connectivity index (χ0v) is 13.6. The molecule has 0 saturated carbocycles. The van der Waals surface area contributed by atoms with Gasteiger partial charge < -0.3 is 10.6 Å². The average molecular weight is 369 g/mol. The Bertz CT molecular complexity index is 663. The van der Waals surface area contributed by atoms with E-state index in [0.29, 0.717) is 0 Å². The molecule has 0 aliphatic rings. The predicted molar refractivity (Wildman–Crippen MR) is 84.2 cm³/mol. The van der Waals surface area contributed by atoms with Crippen LogP contribution >= 0.6 is 23.2 Å². The van der Waals surface area contributed by atoms with Crippen LogP contribution in [0.25, 0.3) is 0 Å². The van der Waals surface area contributed by atoms with Gasteiger partial charge in [-0.2, -0.15) is 8.42 Å². The lowest BCUT2D eigenvalue weighted by Gasteiger charge is -2.11. The highest BCUT2D eigenvalue weighted by Gasteiger charge is 2.18. The van der Waals surface area contributed by atoms with Crippen molar-refractivity contribution in [2.45, 2.75) is 17.7 Å². The van der Waals surface area contributed by atoms with Crippen molar-refractivity contribution in [3.63, 3.8) is 0 Å². The molecule has 0 aliphatic carbocycles. The van der Waals surface area contributed by atoms with Gasteiger partial charge in [-0.3, -0.25) is 14.1 Å². The van der Waals surface area contributed by atoms with E-state index in [0.717, 1.165) is 6.07 Å². The summed E-state index contributed by atoms with van der Waals surface area (Å²) in [6, 6.07) is 3.68. The zero-order chi connectivity index (χ0) is 16.8. The lowest BCUT2D eigenvalue weighted by molar-refractivity contribution is -0.116. The van der Waals surface area contributed by atoms with Crippen molar-refractivity contribution in [1.82, 2.24) is 0 Å². The summed E-state index contributed by atoms with van der Waals surface area (Å²) in [5.41, 5.74) is 0.0473. The second kappa shape index (κ2) is 8.33. The largest absolute Gasteiger partial charge is 0.326 e. The smallest absolute Gasteiger partial charge is 0.296 e. The third kappa shape index (κ3) is 5.80. The number of nitrogens with one attached hydrogen (secondary N) is 2. The van der Waals surface area contributed by atoms with Gasteiger partial charge in [-0.15, -0.1) is 23.2 Å². The number of halogens is 2. The Hall–Kier alpha value is -1.35. The van der Waals surface area contributed by atoms with E-state index in [1.54, 1.807) is 0 Å². The number of hydrogen-bond donors (Lipinski definition) is 3. The average Bonchev–Trinajstić information content (AvgIpc) is 2.39. The van der Waals surface area contributed by atoms with Crippen molar-refractivity contribution in [2.24, 2.45) is 0 Å². The Morgan fingerprint density at radius 2 is 1.59 bits per heavy atom. The molecule has 2 amide bonds. The first-order chi connectivity index (χ1) is 10.3. The van der Waals surface area contributed by atoms with E-state index in [9.17, 15) is 22.6 Å². The maximum absolute atomic E-state index is 11.5. The van der Waals surface area contributed by atoms with Crippen LogP contribution in [0.1, 0.15) is 12.8 Å². The van der Waals surface area contributed by atoms with E-state index in [4.69, 9.17) is 23.2 Å². The zero-order valence-electron chi connectivity index (χ0n) is 11.3. The van der Waals surface area contributed by atoms with E-state index in [-0.39, 0.29) is 36.0 Å². The number of carbonyl (C=O) groups is 2. The van der Waals surface area contributed by atoms with E-state index in [2.05, 4.69) is 10.6 Å². The number of hydrogen-bond acceptors (Lipinski definition) is 4. The van der Waals surface area contributed by atoms with Crippen LogP contribution in [0.4, 0.5) is 11.4 Å². The van der Waals surface area contributed by atoms with Crippen molar-refractivity contribution >= 4 is 56.5 Å². The molecule has 0 fully saturated rings. The summed E-state index contributed by atoms with van der Waals surface area (Å²) in [4.78, 5) is 22.4. The monoisotopic (exact) mass is 368 g/mol.